The van der Waals surface area contributed by atoms with Crippen molar-refractivity contribution >= 4 is 23.2 Å². The molecule has 0 aromatic carbocycles. The zero-order valence-electron chi connectivity index (χ0n) is 12.8. The van der Waals surface area contributed by atoms with Crippen molar-refractivity contribution in [1.82, 2.24) is 19.7 Å². The van der Waals surface area contributed by atoms with Crippen LogP contribution in [-0.2, 0) is 16.1 Å². The molecule has 2 rings (SSSR count). The van der Waals surface area contributed by atoms with E-state index in [4.69, 9.17) is 0 Å². The number of rotatable bonds is 6. The number of likely N-dealkylation sites (N-methyl/N-ethyl adjacent to an activating group) is 1. The molecule has 2 heterocycles. The van der Waals surface area contributed by atoms with Crippen molar-refractivity contribution in [3.05, 3.63) is 16.6 Å². The Bertz CT molecular complexity index is 489. The van der Waals surface area contributed by atoms with Gasteiger partial charge in [-0.25, -0.2) is 4.98 Å². The number of hydrogen-bond acceptors (Lipinski definition) is 5. The topological polar surface area (TPSA) is 56.8 Å². The van der Waals surface area contributed by atoms with Gasteiger partial charge < -0.3 is 14.7 Å². The van der Waals surface area contributed by atoms with Gasteiger partial charge in [-0.1, -0.05) is 0 Å². The molecular weight excluding hydrogens is 288 g/mol. The number of thiazole rings is 1. The lowest BCUT2D eigenvalue weighted by Crippen LogP contribution is -2.36. The Kier molecular flexibility index (Phi) is 5.30. The first-order valence-electron chi connectivity index (χ1n) is 7.03. The number of carbonyl (C=O) groups excluding carboxylic acids is 2. The summed E-state index contributed by atoms with van der Waals surface area (Å²) < 4.78 is 0. The highest BCUT2D eigenvalue weighted by molar-refractivity contribution is 7.09. The summed E-state index contributed by atoms with van der Waals surface area (Å²) in [7, 11) is 5.73. The summed E-state index contributed by atoms with van der Waals surface area (Å²) in [5, 5.41) is 2.81. The molecule has 0 N–H and O–H groups in total. The summed E-state index contributed by atoms with van der Waals surface area (Å²) in [4.78, 5) is 34.1. The third kappa shape index (κ3) is 4.25. The predicted octanol–water partition coefficient (Wildman–Crippen LogP) is 0.512. The summed E-state index contributed by atoms with van der Waals surface area (Å²) in [6, 6.07) is 0. The lowest BCUT2D eigenvalue weighted by molar-refractivity contribution is -0.135. The van der Waals surface area contributed by atoms with Gasteiger partial charge in [-0.3, -0.25) is 9.59 Å². The molecule has 1 fully saturated rings. The van der Waals surface area contributed by atoms with E-state index in [0.29, 0.717) is 26.1 Å². The van der Waals surface area contributed by atoms with Gasteiger partial charge in [-0.05, 0) is 14.1 Å². The number of nitrogens with zero attached hydrogens (tertiary/aromatic N) is 4. The second-order valence-electron chi connectivity index (χ2n) is 5.66. The summed E-state index contributed by atoms with van der Waals surface area (Å²) in [5.41, 5.74) is 0. The number of carbonyl (C=O) groups is 2. The van der Waals surface area contributed by atoms with Crippen LogP contribution in [0.4, 0.5) is 0 Å². The molecule has 1 aliphatic heterocycles. The molecule has 0 radical (unpaired) electrons. The van der Waals surface area contributed by atoms with Gasteiger partial charge >= 0.3 is 0 Å². The highest BCUT2D eigenvalue weighted by Crippen LogP contribution is 2.20. The van der Waals surface area contributed by atoms with E-state index in [9.17, 15) is 9.59 Å². The van der Waals surface area contributed by atoms with E-state index in [1.807, 2.05) is 24.4 Å². The molecule has 1 aromatic heterocycles. The van der Waals surface area contributed by atoms with Gasteiger partial charge in [0.2, 0.25) is 11.8 Å². The number of amides is 2. The Morgan fingerprint density at radius 2 is 2.24 bits per heavy atom. The second kappa shape index (κ2) is 7.00. The molecule has 1 atom stereocenters. The quantitative estimate of drug-likeness (QED) is 0.768. The van der Waals surface area contributed by atoms with Crippen LogP contribution in [0.2, 0.25) is 0 Å². The minimum atomic E-state index is -0.218. The molecular formula is C14H22N4O2S. The Hall–Kier alpha value is -1.47. The van der Waals surface area contributed by atoms with Crippen molar-refractivity contribution in [2.45, 2.75) is 13.0 Å². The average Bonchev–Trinajstić information content (AvgIpc) is 3.05. The van der Waals surface area contributed by atoms with Gasteiger partial charge in [0, 0.05) is 44.7 Å². The maximum absolute atomic E-state index is 12.4. The lowest BCUT2D eigenvalue weighted by Gasteiger charge is -2.21. The third-order valence-corrected chi connectivity index (χ3v) is 4.38. The minimum Gasteiger partial charge on any atom is -0.341 e. The summed E-state index contributed by atoms with van der Waals surface area (Å²) >= 11 is 1.54. The van der Waals surface area contributed by atoms with E-state index >= 15 is 0 Å². The smallest absolute Gasteiger partial charge is 0.228 e. The molecule has 1 saturated heterocycles. The normalized spacial score (nSPS) is 18.6. The van der Waals surface area contributed by atoms with Crippen molar-refractivity contribution in [2.75, 3.05) is 40.8 Å². The van der Waals surface area contributed by atoms with Gasteiger partial charge in [-0.15, -0.1) is 11.3 Å². The fraction of sp³-hybridized carbons (Fsp3) is 0.643. The fourth-order valence-corrected chi connectivity index (χ4v) is 3.07. The minimum absolute atomic E-state index is 0.0332. The molecule has 2 amide bonds. The number of likely N-dealkylation sites (tertiary alicyclic amines) is 1. The van der Waals surface area contributed by atoms with Gasteiger partial charge in [-0.2, -0.15) is 0 Å². The highest BCUT2D eigenvalue weighted by atomic mass is 32.1. The molecule has 0 aliphatic carbocycles. The van der Waals surface area contributed by atoms with E-state index in [-0.39, 0.29) is 17.7 Å². The van der Waals surface area contributed by atoms with Crippen LogP contribution < -0.4 is 0 Å². The van der Waals surface area contributed by atoms with Crippen molar-refractivity contribution in [2.24, 2.45) is 5.92 Å². The lowest BCUT2D eigenvalue weighted by atomic mass is 10.1. The maximum Gasteiger partial charge on any atom is 0.228 e. The summed E-state index contributed by atoms with van der Waals surface area (Å²) in [6.07, 6.45) is 2.06. The zero-order valence-corrected chi connectivity index (χ0v) is 13.6. The average molecular weight is 310 g/mol. The first-order valence-corrected chi connectivity index (χ1v) is 7.91. The first-order chi connectivity index (χ1) is 9.97. The molecule has 1 aromatic rings. The van der Waals surface area contributed by atoms with E-state index in [0.717, 1.165) is 11.6 Å². The van der Waals surface area contributed by atoms with Crippen molar-refractivity contribution in [3.8, 4) is 0 Å². The monoisotopic (exact) mass is 310 g/mol. The fourth-order valence-electron chi connectivity index (χ4n) is 2.40. The molecule has 0 spiro atoms. The Morgan fingerprint density at radius 3 is 2.86 bits per heavy atom. The summed E-state index contributed by atoms with van der Waals surface area (Å²) in [6.45, 7) is 2.56. The van der Waals surface area contributed by atoms with Crippen LogP contribution in [0, 0.1) is 5.92 Å². The predicted molar refractivity (Wildman–Crippen MR) is 81.8 cm³/mol. The van der Waals surface area contributed by atoms with Crippen molar-refractivity contribution < 1.29 is 9.59 Å². The van der Waals surface area contributed by atoms with Crippen LogP contribution in [0.15, 0.2) is 11.6 Å². The Morgan fingerprint density at radius 1 is 1.48 bits per heavy atom. The molecule has 0 saturated carbocycles. The van der Waals surface area contributed by atoms with Crippen LogP contribution in [0.5, 0.6) is 0 Å². The van der Waals surface area contributed by atoms with Gasteiger partial charge in [0.15, 0.2) is 0 Å². The maximum atomic E-state index is 12.4. The van der Waals surface area contributed by atoms with Crippen LogP contribution in [0.25, 0.3) is 0 Å². The molecule has 7 heteroatoms. The molecule has 0 bridgehead atoms. The van der Waals surface area contributed by atoms with Crippen LogP contribution >= 0.6 is 11.3 Å². The van der Waals surface area contributed by atoms with Gasteiger partial charge in [0.05, 0.1) is 12.5 Å². The Balaban J connectivity index is 1.87. The largest absolute Gasteiger partial charge is 0.341 e. The summed E-state index contributed by atoms with van der Waals surface area (Å²) in [5.74, 6) is -0.103. The van der Waals surface area contributed by atoms with Crippen molar-refractivity contribution in [1.29, 1.82) is 0 Å². The molecule has 0 unspecified atom stereocenters. The van der Waals surface area contributed by atoms with E-state index in [1.54, 1.807) is 23.0 Å². The SMILES string of the molecule is CN(C)CCN1C[C@H](C(=O)N(C)Cc2nccs2)CC1=O. The molecule has 6 nitrogen and oxygen atoms in total. The second-order valence-corrected chi connectivity index (χ2v) is 6.64. The molecule has 1 aliphatic rings. The van der Waals surface area contributed by atoms with Crippen molar-refractivity contribution in [3.63, 3.8) is 0 Å². The molecule has 21 heavy (non-hydrogen) atoms. The van der Waals surface area contributed by atoms with Gasteiger partial charge in [0.1, 0.15) is 5.01 Å². The molecule has 116 valence electrons. The first kappa shape index (κ1) is 15.9. The van der Waals surface area contributed by atoms with Crippen LogP contribution in [-0.4, -0.2) is 72.3 Å². The van der Waals surface area contributed by atoms with E-state index in [1.165, 1.54) is 11.3 Å². The highest BCUT2D eigenvalue weighted by Gasteiger charge is 2.35. The van der Waals surface area contributed by atoms with Crippen LogP contribution in [0.3, 0.4) is 0 Å². The standard InChI is InChI=1S/C14H22N4O2S/c1-16(2)5-6-18-9-11(8-13(18)19)14(20)17(3)10-12-15-4-7-21-12/h4,7,11H,5-6,8-10H2,1-3H3/t11-/m1/s1. The number of aromatic nitrogens is 1. The van der Waals surface area contributed by atoms with E-state index in [2.05, 4.69) is 4.98 Å². The number of hydrogen-bond donors (Lipinski definition) is 0. The Labute approximate surface area is 129 Å². The zero-order chi connectivity index (χ0) is 15.4. The van der Waals surface area contributed by atoms with Crippen LogP contribution in [0.1, 0.15) is 11.4 Å². The third-order valence-electron chi connectivity index (χ3n) is 3.61. The van der Waals surface area contributed by atoms with E-state index < -0.39 is 0 Å². The van der Waals surface area contributed by atoms with Gasteiger partial charge in [0.25, 0.3) is 0 Å².